The van der Waals surface area contributed by atoms with E-state index >= 15 is 0 Å². The first kappa shape index (κ1) is 8.49. The van der Waals surface area contributed by atoms with Crippen LogP contribution in [0.2, 0.25) is 10.0 Å². The molecule has 0 aliphatic heterocycles. The molecule has 10 heavy (non-hydrogen) atoms. The average molecular weight is 216 g/mol. The van der Waals surface area contributed by atoms with E-state index in [-0.39, 0.29) is 14.3 Å². The van der Waals surface area contributed by atoms with Crippen LogP contribution in [0.1, 0.15) is 0 Å². The zero-order chi connectivity index (χ0) is 7.72. The molecule has 0 radical (unpaired) electrons. The molecule has 0 amide bonds. The molecule has 0 bridgehead atoms. The minimum atomic E-state index is -2.27. The highest BCUT2D eigenvalue weighted by Crippen LogP contribution is 2.33. The van der Waals surface area contributed by atoms with Gasteiger partial charge >= 0.3 is 0 Å². The zero-order valence-corrected chi connectivity index (χ0v) is 7.61. The number of hydrogen-bond acceptors (Lipinski definition) is 3. The van der Waals surface area contributed by atoms with Crippen molar-refractivity contribution in [2.75, 3.05) is 0 Å². The van der Waals surface area contributed by atoms with Gasteiger partial charge in [0, 0.05) is 5.38 Å². The summed E-state index contributed by atoms with van der Waals surface area (Å²) in [5, 5.41) is 1.88. The molecule has 56 valence electrons. The van der Waals surface area contributed by atoms with Crippen molar-refractivity contribution in [1.29, 1.82) is 0 Å². The van der Waals surface area contributed by atoms with Crippen molar-refractivity contribution in [3.8, 4) is 0 Å². The van der Waals surface area contributed by atoms with E-state index in [1.54, 1.807) is 0 Å². The molecule has 1 heterocycles. The van der Waals surface area contributed by atoms with Gasteiger partial charge in [-0.25, -0.2) is 0 Å². The van der Waals surface area contributed by atoms with Crippen LogP contribution >= 0.6 is 34.5 Å². The molecule has 1 atom stereocenters. The molecule has 0 aromatic carbocycles. The summed E-state index contributed by atoms with van der Waals surface area (Å²) < 4.78 is 20.7. The van der Waals surface area contributed by atoms with Crippen molar-refractivity contribution in [1.82, 2.24) is 0 Å². The molecule has 0 spiro atoms. The summed E-state index contributed by atoms with van der Waals surface area (Å²) in [7, 11) is 0. The first-order valence-corrected chi connectivity index (χ1v) is 4.85. The van der Waals surface area contributed by atoms with Gasteiger partial charge in [-0.15, -0.1) is 11.3 Å². The summed E-state index contributed by atoms with van der Waals surface area (Å²) in [4.78, 5) is 0. The molecule has 1 aromatic rings. The first-order valence-electron chi connectivity index (χ1n) is 2.14. The molecule has 0 saturated heterocycles. The third-order valence-corrected chi connectivity index (χ3v) is 3.93. The first-order chi connectivity index (χ1) is 4.63. The Labute approximate surface area is 74.1 Å². The van der Waals surface area contributed by atoms with E-state index in [1.165, 1.54) is 5.38 Å². The minimum Gasteiger partial charge on any atom is -0.768 e. The maximum atomic E-state index is 10.3. The Morgan fingerprint density at radius 1 is 1.60 bits per heavy atom. The molecule has 0 saturated carbocycles. The average Bonchev–Trinajstić information content (AvgIpc) is 2.14. The SMILES string of the molecule is O=S([O-])c1scc(Cl)c1Cl. The number of halogens is 2. The Bertz CT molecular complexity index is 270. The molecule has 0 fully saturated rings. The summed E-state index contributed by atoms with van der Waals surface area (Å²) in [5.41, 5.74) is 0. The van der Waals surface area contributed by atoms with Crippen LogP contribution in [0.15, 0.2) is 9.59 Å². The van der Waals surface area contributed by atoms with E-state index in [0.717, 1.165) is 11.3 Å². The van der Waals surface area contributed by atoms with Crippen LogP contribution in [0.5, 0.6) is 0 Å². The largest absolute Gasteiger partial charge is 0.768 e. The summed E-state index contributed by atoms with van der Waals surface area (Å²) in [6.45, 7) is 0. The molecule has 1 rings (SSSR count). The fourth-order valence-corrected chi connectivity index (χ4v) is 2.46. The van der Waals surface area contributed by atoms with Gasteiger partial charge in [-0.1, -0.05) is 23.2 Å². The fraction of sp³-hybridized carbons (Fsp3) is 0. The Morgan fingerprint density at radius 3 is 2.40 bits per heavy atom. The Morgan fingerprint density at radius 2 is 2.20 bits per heavy atom. The summed E-state index contributed by atoms with van der Waals surface area (Å²) in [6, 6.07) is 0. The normalized spacial score (nSPS) is 13.5. The highest BCUT2D eigenvalue weighted by molar-refractivity contribution is 7.81. The molecule has 6 heteroatoms. The monoisotopic (exact) mass is 215 g/mol. The second-order valence-electron chi connectivity index (χ2n) is 1.42. The highest BCUT2D eigenvalue weighted by Gasteiger charge is 2.06. The van der Waals surface area contributed by atoms with Gasteiger partial charge in [0.25, 0.3) is 0 Å². The summed E-state index contributed by atoms with van der Waals surface area (Å²) in [6.07, 6.45) is 0. The second kappa shape index (κ2) is 3.19. The molecule has 1 unspecified atom stereocenters. The van der Waals surface area contributed by atoms with Crippen LogP contribution in [0.25, 0.3) is 0 Å². The standard InChI is InChI=1S/C4H2Cl2O2S2/c5-2-1-9-4(3(2)6)10(7)8/h1H,(H,7,8)/p-1. The second-order valence-corrected chi connectivity index (χ2v) is 4.22. The number of hydrogen-bond donors (Lipinski definition) is 0. The van der Waals surface area contributed by atoms with Crippen molar-refractivity contribution in [3.05, 3.63) is 15.4 Å². The van der Waals surface area contributed by atoms with Gasteiger partial charge in [0.05, 0.1) is 14.3 Å². The number of rotatable bonds is 1. The Balaban J connectivity index is 3.17. The van der Waals surface area contributed by atoms with Crippen LogP contribution in [-0.2, 0) is 11.1 Å². The summed E-state index contributed by atoms with van der Waals surface area (Å²) >= 11 is 9.71. The van der Waals surface area contributed by atoms with Crippen LogP contribution < -0.4 is 0 Å². The van der Waals surface area contributed by atoms with E-state index in [4.69, 9.17) is 23.2 Å². The Kier molecular flexibility index (Phi) is 2.71. The highest BCUT2D eigenvalue weighted by atomic mass is 35.5. The van der Waals surface area contributed by atoms with Crippen molar-refractivity contribution in [2.45, 2.75) is 4.21 Å². The predicted octanol–water partition coefficient (Wildman–Crippen LogP) is 2.29. The van der Waals surface area contributed by atoms with Gasteiger partial charge in [-0.3, -0.25) is 4.21 Å². The van der Waals surface area contributed by atoms with Crippen molar-refractivity contribution < 1.29 is 8.76 Å². The smallest absolute Gasteiger partial charge is 0.0973 e. The van der Waals surface area contributed by atoms with Crippen LogP contribution in [0.3, 0.4) is 0 Å². The van der Waals surface area contributed by atoms with Crippen LogP contribution in [0, 0.1) is 0 Å². The minimum absolute atomic E-state index is 0.0895. The third-order valence-electron chi connectivity index (χ3n) is 0.810. The summed E-state index contributed by atoms with van der Waals surface area (Å²) in [5.74, 6) is 0. The third kappa shape index (κ3) is 1.52. The topological polar surface area (TPSA) is 40.1 Å². The lowest BCUT2D eigenvalue weighted by atomic mass is 10.7. The molecular weight excluding hydrogens is 215 g/mol. The van der Waals surface area contributed by atoms with E-state index in [1.807, 2.05) is 0 Å². The van der Waals surface area contributed by atoms with Crippen LogP contribution in [-0.4, -0.2) is 8.76 Å². The van der Waals surface area contributed by atoms with Gasteiger partial charge in [0.15, 0.2) is 0 Å². The molecule has 2 nitrogen and oxygen atoms in total. The molecule has 0 aliphatic carbocycles. The lowest BCUT2D eigenvalue weighted by Crippen LogP contribution is -1.83. The lowest BCUT2D eigenvalue weighted by molar-refractivity contribution is 0.539. The molecular formula is C4HCl2O2S2-. The molecule has 0 aliphatic rings. The van der Waals surface area contributed by atoms with Crippen molar-refractivity contribution in [3.63, 3.8) is 0 Å². The van der Waals surface area contributed by atoms with E-state index in [2.05, 4.69) is 0 Å². The van der Waals surface area contributed by atoms with Crippen molar-refractivity contribution >= 4 is 45.6 Å². The zero-order valence-electron chi connectivity index (χ0n) is 4.47. The maximum absolute atomic E-state index is 10.3. The van der Waals surface area contributed by atoms with E-state index < -0.39 is 11.1 Å². The quantitative estimate of drug-likeness (QED) is 0.675. The molecule has 1 aromatic heterocycles. The maximum Gasteiger partial charge on any atom is 0.0973 e. The fourth-order valence-electron chi connectivity index (χ4n) is 0.419. The van der Waals surface area contributed by atoms with Gasteiger partial charge in [0.2, 0.25) is 0 Å². The predicted molar refractivity (Wildman–Crippen MR) is 41.5 cm³/mol. The lowest BCUT2D eigenvalue weighted by Gasteiger charge is -1.99. The van der Waals surface area contributed by atoms with Crippen molar-refractivity contribution in [2.24, 2.45) is 0 Å². The molecule has 0 N–H and O–H groups in total. The van der Waals surface area contributed by atoms with Gasteiger partial charge in [-0.2, -0.15) is 0 Å². The van der Waals surface area contributed by atoms with E-state index in [9.17, 15) is 8.76 Å². The van der Waals surface area contributed by atoms with E-state index in [0.29, 0.717) is 0 Å². The van der Waals surface area contributed by atoms with Gasteiger partial charge in [-0.05, 0) is 11.1 Å². The van der Waals surface area contributed by atoms with Gasteiger partial charge < -0.3 is 4.55 Å². The van der Waals surface area contributed by atoms with Gasteiger partial charge in [0.1, 0.15) is 0 Å². The Hall–Kier alpha value is 0.390. The van der Waals surface area contributed by atoms with Crippen LogP contribution in [0.4, 0.5) is 0 Å². The number of thiophene rings is 1.